The Kier molecular flexibility index (Phi) is 5.75. The van der Waals surface area contributed by atoms with Crippen LogP contribution in [-0.4, -0.2) is 21.9 Å². The van der Waals surface area contributed by atoms with E-state index in [0.29, 0.717) is 6.42 Å². The molecule has 128 valence electrons. The van der Waals surface area contributed by atoms with E-state index < -0.39 is 44.1 Å². The van der Waals surface area contributed by atoms with Crippen LogP contribution in [0.5, 0.6) is 0 Å². The van der Waals surface area contributed by atoms with Crippen LogP contribution < -0.4 is 4.90 Å². The van der Waals surface area contributed by atoms with Gasteiger partial charge in [0.15, 0.2) is 5.69 Å². The fourth-order valence-corrected chi connectivity index (χ4v) is 2.24. The summed E-state index contributed by atoms with van der Waals surface area (Å²) in [7, 11) is 0. The van der Waals surface area contributed by atoms with Gasteiger partial charge in [0, 0.05) is 18.7 Å². The molecule has 0 saturated heterocycles. The molecule has 7 nitrogen and oxygen atoms in total. The van der Waals surface area contributed by atoms with Gasteiger partial charge in [-0.15, -0.1) is 0 Å². The molecule has 0 bridgehead atoms. The van der Waals surface area contributed by atoms with Gasteiger partial charge < -0.3 is 4.90 Å². The number of nitro groups is 2. The first-order valence-electron chi connectivity index (χ1n) is 6.45. The Morgan fingerprint density at radius 2 is 1.65 bits per heavy atom. The Morgan fingerprint density at radius 1 is 1.22 bits per heavy atom. The summed E-state index contributed by atoms with van der Waals surface area (Å²) in [6.45, 7) is 3.23. The predicted octanol–water partition coefficient (Wildman–Crippen LogP) is 4.32. The Balaban J connectivity index is 3.78. The number of nitrogens with zero attached hydrogens (tertiary/aromatic N) is 3. The van der Waals surface area contributed by atoms with Crippen LogP contribution in [0, 0.1) is 20.2 Å². The van der Waals surface area contributed by atoms with E-state index in [4.69, 9.17) is 11.6 Å². The van der Waals surface area contributed by atoms with Crippen LogP contribution in [0.25, 0.3) is 0 Å². The number of benzene rings is 1. The number of rotatable bonds is 6. The second-order valence-electron chi connectivity index (χ2n) is 4.64. The second-order valence-corrected chi connectivity index (χ2v) is 5.27. The van der Waals surface area contributed by atoms with E-state index in [1.54, 1.807) is 6.92 Å². The lowest BCUT2D eigenvalue weighted by atomic mass is 10.1. The van der Waals surface area contributed by atoms with Gasteiger partial charge in [0.2, 0.25) is 0 Å². The molecule has 0 spiro atoms. The smallest absolute Gasteiger partial charge is 0.344 e. The largest absolute Gasteiger partial charge is 0.416 e. The molecule has 0 aliphatic heterocycles. The molecular weight excluding hydrogens is 343 g/mol. The molecule has 0 aromatic heterocycles. The Hall–Kier alpha value is -2.10. The average Bonchev–Trinajstić information content (AvgIpc) is 2.41. The van der Waals surface area contributed by atoms with Crippen molar-refractivity contribution in [1.29, 1.82) is 0 Å². The highest BCUT2D eigenvalue weighted by Crippen LogP contribution is 2.44. The van der Waals surface area contributed by atoms with E-state index >= 15 is 0 Å². The van der Waals surface area contributed by atoms with Crippen molar-refractivity contribution < 1.29 is 23.0 Å². The summed E-state index contributed by atoms with van der Waals surface area (Å²) in [5.41, 5.74) is -4.89. The fourth-order valence-electron chi connectivity index (χ4n) is 2.05. The number of alkyl halides is 4. The van der Waals surface area contributed by atoms with Gasteiger partial charge >= 0.3 is 6.18 Å². The number of anilines is 1. The highest BCUT2D eigenvalue weighted by atomic mass is 35.5. The minimum atomic E-state index is -4.95. The highest BCUT2D eigenvalue weighted by molar-refractivity contribution is 6.21. The lowest BCUT2D eigenvalue weighted by molar-refractivity contribution is -0.393. The third kappa shape index (κ3) is 4.21. The van der Waals surface area contributed by atoms with E-state index in [1.165, 1.54) is 6.92 Å². The molecule has 23 heavy (non-hydrogen) atoms. The van der Waals surface area contributed by atoms with Crippen LogP contribution in [0.1, 0.15) is 25.8 Å². The predicted molar refractivity (Wildman–Crippen MR) is 77.7 cm³/mol. The normalized spacial score (nSPS) is 12.8. The molecule has 0 radical (unpaired) electrons. The van der Waals surface area contributed by atoms with Gasteiger partial charge in [-0.25, -0.2) is 0 Å². The average molecular weight is 356 g/mol. The zero-order valence-electron chi connectivity index (χ0n) is 12.1. The molecule has 0 aliphatic rings. The summed E-state index contributed by atoms with van der Waals surface area (Å²) in [6.07, 6.45) is -4.51. The van der Waals surface area contributed by atoms with Crippen LogP contribution >= 0.6 is 11.6 Å². The number of nitro benzene ring substituents is 2. The van der Waals surface area contributed by atoms with Gasteiger partial charge in [-0.3, -0.25) is 20.2 Å². The van der Waals surface area contributed by atoms with Gasteiger partial charge in [-0.2, -0.15) is 13.2 Å². The summed E-state index contributed by atoms with van der Waals surface area (Å²) >= 11 is 5.90. The lowest BCUT2D eigenvalue weighted by Gasteiger charge is -2.26. The molecule has 1 rings (SSSR count). The summed E-state index contributed by atoms with van der Waals surface area (Å²) in [6, 6.07) is 0.564. The molecular formula is C12H13ClF3N3O4. The quantitative estimate of drug-likeness (QED) is 0.328. The second kappa shape index (κ2) is 6.99. The van der Waals surface area contributed by atoms with Gasteiger partial charge in [0.05, 0.1) is 15.4 Å². The molecule has 1 atom stereocenters. The maximum atomic E-state index is 12.8. The zero-order chi connectivity index (χ0) is 17.9. The van der Waals surface area contributed by atoms with Gasteiger partial charge in [0.25, 0.3) is 11.4 Å². The molecule has 0 fully saturated rings. The summed E-state index contributed by atoms with van der Waals surface area (Å²) in [5, 5.41) is 22.3. The molecule has 0 aliphatic carbocycles. The minimum absolute atomic E-state index is 0.109. The first-order valence-corrected chi connectivity index (χ1v) is 6.89. The Morgan fingerprint density at radius 3 is 1.91 bits per heavy atom. The maximum absolute atomic E-state index is 12.8. The van der Waals surface area contributed by atoms with E-state index in [9.17, 15) is 33.4 Å². The molecule has 1 aromatic rings. The van der Waals surface area contributed by atoms with Gasteiger partial charge in [0.1, 0.15) is 5.50 Å². The molecule has 0 heterocycles. The molecule has 11 heteroatoms. The minimum Gasteiger partial charge on any atom is -0.344 e. The van der Waals surface area contributed by atoms with Crippen LogP contribution in [0.2, 0.25) is 0 Å². The van der Waals surface area contributed by atoms with Crippen molar-refractivity contribution in [3.05, 3.63) is 37.9 Å². The third-order valence-corrected chi connectivity index (χ3v) is 3.21. The number of halogens is 4. The molecule has 1 unspecified atom stereocenters. The lowest BCUT2D eigenvalue weighted by Crippen LogP contribution is -2.31. The van der Waals surface area contributed by atoms with Gasteiger partial charge in [-0.05, 0) is 13.3 Å². The van der Waals surface area contributed by atoms with E-state index in [-0.39, 0.29) is 18.7 Å². The fraction of sp³-hybridized carbons (Fsp3) is 0.500. The number of hydrogen-bond donors (Lipinski definition) is 0. The first-order chi connectivity index (χ1) is 10.5. The van der Waals surface area contributed by atoms with E-state index in [0.717, 1.165) is 4.90 Å². The highest BCUT2D eigenvalue weighted by Gasteiger charge is 2.39. The van der Waals surface area contributed by atoms with Crippen LogP contribution in [0.3, 0.4) is 0 Å². The molecule has 0 N–H and O–H groups in total. The maximum Gasteiger partial charge on any atom is 0.416 e. The molecule has 0 amide bonds. The summed E-state index contributed by atoms with van der Waals surface area (Å²) in [5.74, 6) is 0. The third-order valence-electron chi connectivity index (χ3n) is 2.97. The Bertz CT molecular complexity index is 587. The Labute approximate surface area is 133 Å². The first kappa shape index (κ1) is 18.9. The van der Waals surface area contributed by atoms with Crippen LogP contribution in [-0.2, 0) is 6.18 Å². The number of hydrogen-bond acceptors (Lipinski definition) is 5. The zero-order valence-corrected chi connectivity index (χ0v) is 12.9. The van der Waals surface area contributed by atoms with E-state index in [2.05, 4.69) is 0 Å². The van der Waals surface area contributed by atoms with Crippen molar-refractivity contribution in [3.63, 3.8) is 0 Å². The molecule has 1 aromatic carbocycles. The van der Waals surface area contributed by atoms with Crippen molar-refractivity contribution in [2.45, 2.75) is 31.9 Å². The van der Waals surface area contributed by atoms with Crippen molar-refractivity contribution >= 4 is 28.7 Å². The van der Waals surface area contributed by atoms with Crippen LogP contribution in [0.4, 0.5) is 30.2 Å². The SMILES string of the molecule is CCCN(c1c([N+](=O)[O-])cc(C(F)(F)F)cc1[N+](=O)[O-])C(C)Cl. The summed E-state index contributed by atoms with van der Waals surface area (Å²) < 4.78 is 38.5. The van der Waals surface area contributed by atoms with E-state index in [1.807, 2.05) is 0 Å². The molecule has 0 saturated carbocycles. The summed E-state index contributed by atoms with van der Waals surface area (Å²) in [4.78, 5) is 21.3. The van der Waals surface area contributed by atoms with Crippen molar-refractivity contribution in [1.82, 2.24) is 0 Å². The van der Waals surface area contributed by atoms with Gasteiger partial charge in [-0.1, -0.05) is 18.5 Å². The monoisotopic (exact) mass is 355 g/mol. The van der Waals surface area contributed by atoms with Crippen molar-refractivity contribution in [2.24, 2.45) is 0 Å². The topological polar surface area (TPSA) is 89.5 Å². The standard InChI is InChI=1S/C12H13ClF3N3O4/c1-3-4-17(7(2)13)11-9(18(20)21)5-8(12(14,15)16)6-10(11)19(22)23/h5-7H,3-4H2,1-2H3. The van der Waals surface area contributed by atoms with Crippen molar-refractivity contribution in [2.75, 3.05) is 11.4 Å². The van der Waals surface area contributed by atoms with Crippen LogP contribution in [0.15, 0.2) is 12.1 Å². The van der Waals surface area contributed by atoms with Crippen molar-refractivity contribution in [3.8, 4) is 0 Å².